The average molecular weight is 436 g/mol. The van der Waals surface area contributed by atoms with Crippen LogP contribution < -0.4 is 5.32 Å². The van der Waals surface area contributed by atoms with Crippen molar-refractivity contribution < 1.29 is 4.39 Å². The lowest BCUT2D eigenvalue weighted by Crippen LogP contribution is -2.23. The van der Waals surface area contributed by atoms with Gasteiger partial charge in [0.25, 0.3) is 0 Å². The Morgan fingerprint density at radius 3 is 2.62 bits per heavy atom. The number of halogens is 4. The quantitative estimate of drug-likeness (QED) is 0.617. The predicted molar refractivity (Wildman–Crippen MR) is 93.4 cm³/mol. The second-order valence-electron chi connectivity index (χ2n) is 4.76. The zero-order valence-corrected chi connectivity index (χ0v) is 15.4. The molecule has 2 aromatic rings. The summed E-state index contributed by atoms with van der Waals surface area (Å²) in [5.41, 5.74) is 2.00. The molecule has 0 saturated carbocycles. The van der Waals surface area contributed by atoms with Gasteiger partial charge in [-0.2, -0.15) is 0 Å². The van der Waals surface area contributed by atoms with E-state index in [1.54, 1.807) is 6.07 Å². The van der Waals surface area contributed by atoms with Gasteiger partial charge in [-0.05, 0) is 60.5 Å². The Morgan fingerprint density at radius 1 is 1.19 bits per heavy atom. The largest absolute Gasteiger partial charge is 0.310 e. The van der Waals surface area contributed by atoms with Crippen LogP contribution in [0, 0.1) is 5.82 Å². The monoisotopic (exact) mass is 433 g/mol. The summed E-state index contributed by atoms with van der Waals surface area (Å²) >= 11 is 13.0. The lowest BCUT2D eigenvalue weighted by molar-refractivity contribution is 0.544. The molecule has 0 aliphatic rings. The fraction of sp³-hybridized carbons (Fsp3) is 0.250. The minimum absolute atomic E-state index is 0.0665. The van der Waals surface area contributed by atoms with Crippen molar-refractivity contribution in [2.45, 2.75) is 19.4 Å². The molecule has 5 heteroatoms. The van der Waals surface area contributed by atoms with Crippen LogP contribution in [0.1, 0.15) is 24.1 Å². The molecule has 1 nitrogen and oxygen atoms in total. The average Bonchev–Trinajstić information content (AvgIpc) is 2.40. The van der Waals surface area contributed by atoms with Crippen LogP contribution in [0.3, 0.4) is 0 Å². The van der Waals surface area contributed by atoms with Crippen molar-refractivity contribution in [2.24, 2.45) is 0 Å². The number of benzene rings is 2. The topological polar surface area (TPSA) is 12.0 Å². The molecule has 0 aromatic heterocycles. The van der Waals surface area contributed by atoms with E-state index in [2.05, 4.69) is 37.2 Å². The third-order valence-corrected chi connectivity index (χ3v) is 4.56. The lowest BCUT2D eigenvalue weighted by Gasteiger charge is -2.20. The van der Waals surface area contributed by atoms with E-state index in [0.717, 1.165) is 26.6 Å². The third kappa shape index (κ3) is 4.78. The molecular weight excluding hydrogens is 420 g/mol. The van der Waals surface area contributed by atoms with Crippen LogP contribution in [0.15, 0.2) is 45.3 Å². The number of rotatable bonds is 5. The first-order valence-corrected chi connectivity index (χ1v) is 8.59. The number of nitrogens with one attached hydrogen (secondary N) is 1. The molecular formula is C16H15Br2ClFN. The van der Waals surface area contributed by atoms with Gasteiger partial charge in [0.05, 0.1) is 0 Å². The molecule has 0 bridgehead atoms. The minimum atomic E-state index is -0.236. The number of hydrogen-bond acceptors (Lipinski definition) is 1. The molecule has 0 aliphatic carbocycles. The van der Waals surface area contributed by atoms with E-state index in [0.29, 0.717) is 11.4 Å². The molecule has 21 heavy (non-hydrogen) atoms. The second-order valence-corrected chi connectivity index (χ2v) is 6.96. The van der Waals surface area contributed by atoms with Crippen LogP contribution in [-0.4, -0.2) is 6.54 Å². The lowest BCUT2D eigenvalue weighted by atomic mass is 9.98. The summed E-state index contributed by atoms with van der Waals surface area (Å²) in [7, 11) is 0. The van der Waals surface area contributed by atoms with Crippen molar-refractivity contribution >= 4 is 43.5 Å². The minimum Gasteiger partial charge on any atom is -0.310 e. The van der Waals surface area contributed by atoms with Crippen LogP contribution in [0.25, 0.3) is 0 Å². The van der Waals surface area contributed by atoms with E-state index in [1.807, 2.05) is 31.2 Å². The summed E-state index contributed by atoms with van der Waals surface area (Å²) in [6, 6.07) is 10.7. The molecule has 0 saturated heterocycles. The molecule has 1 unspecified atom stereocenters. The van der Waals surface area contributed by atoms with Crippen molar-refractivity contribution in [3.05, 3.63) is 67.3 Å². The maximum atomic E-state index is 13.5. The first kappa shape index (κ1) is 16.9. The molecule has 2 rings (SSSR count). The van der Waals surface area contributed by atoms with Gasteiger partial charge in [-0.3, -0.25) is 0 Å². The molecule has 0 aliphatic heterocycles. The van der Waals surface area contributed by atoms with Crippen molar-refractivity contribution in [3.63, 3.8) is 0 Å². The summed E-state index contributed by atoms with van der Waals surface area (Å²) in [6.45, 7) is 2.87. The van der Waals surface area contributed by atoms with E-state index in [9.17, 15) is 4.39 Å². The summed E-state index contributed by atoms with van der Waals surface area (Å²) in [5.74, 6) is -0.236. The molecule has 0 spiro atoms. The Morgan fingerprint density at radius 2 is 1.95 bits per heavy atom. The molecule has 0 fully saturated rings. The van der Waals surface area contributed by atoms with Crippen molar-refractivity contribution in [1.82, 2.24) is 5.32 Å². The summed E-state index contributed by atoms with van der Waals surface area (Å²) in [5, 5.41) is 4.12. The van der Waals surface area contributed by atoms with Gasteiger partial charge in [-0.25, -0.2) is 4.39 Å². The van der Waals surface area contributed by atoms with Crippen LogP contribution in [-0.2, 0) is 6.42 Å². The normalized spacial score (nSPS) is 12.4. The Labute approximate surface area is 146 Å². The van der Waals surface area contributed by atoms with Gasteiger partial charge in [0.1, 0.15) is 5.82 Å². The van der Waals surface area contributed by atoms with Gasteiger partial charge >= 0.3 is 0 Å². The predicted octanol–water partition coefficient (Wildman–Crippen LogP) is 5.90. The molecule has 0 heterocycles. The van der Waals surface area contributed by atoms with Crippen molar-refractivity contribution in [3.8, 4) is 0 Å². The van der Waals surface area contributed by atoms with Gasteiger partial charge in [0, 0.05) is 20.0 Å². The SMILES string of the molecule is CCNC(Cc1cc(F)cc(Br)c1)c1cc(Cl)ccc1Br. The van der Waals surface area contributed by atoms with Crippen LogP contribution >= 0.6 is 43.5 Å². The zero-order valence-electron chi connectivity index (χ0n) is 11.5. The maximum Gasteiger partial charge on any atom is 0.124 e. The molecule has 2 aromatic carbocycles. The Bertz CT molecular complexity index is 613. The zero-order chi connectivity index (χ0) is 15.4. The van der Waals surface area contributed by atoms with Gasteiger partial charge in [0.2, 0.25) is 0 Å². The molecule has 0 amide bonds. The highest BCUT2D eigenvalue weighted by Crippen LogP contribution is 2.29. The van der Waals surface area contributed by atoms with Crippen LogP contribution in [0.4, 0.5) is 4.39 Å². The number of likely N-dealkylation sites (N-methyl/N-ethyl adjacent to an activating group) is 1. The summed E-state index contributed by atoms with van der Waals surface area (Å²) < 4.78 is 15.3. The fourth-order valence-electron chi connectivity index (χ4n) is 2.28. The highest BCUT2D eigenvalue weighted by molar-refractivity contribution is 9.10. The van der Waals surface area contributed by atoms with Gasteiger partial charge < -0.3 is 5.32 Å². The summed E-state index contributed by atoms with van der Waals surface area (Å²) in [6.07, 6.45) is 0.684. The third-order valence-electron chi connectivity index (χ3n) is 3.15. The highest BCUT2D eigenvalue weighted by atomic mass is 79.9. The van der Waals surface area contributed by atoms with Gasteiger partial charge in [-0.15, -0.1) is 0 Å². The Balaban J connectivity index is 2.32. The maximum absolute atomic E-state index is 13.5. The van der Waals surface area contributed by atoms with E-state index < -0.39 is 0 Å². The number of hydrogen-bond donors (Lipinski definition) is 1. The highest BCUT2D eigenvalue weighted by Gasteiger charge is 2.15. The van der Waals surface area contributed by atoms with Gasteiger partial charge in [0.15, 0.2) is 0 Å². The van der Waals surface area contributed by atoms with Crippen molar-refractivity contribution in [1.29, 1.82) is 0 Å². The first-order chi connectivity index (χ1) is 9.99. The van der Waals surface area contributed by atoms with E-state index >= 15 is 0 Å². The second kappa shape index (κ2) is 7.73. The van der Waals surface area contributed by atoms with E-state index in [4.69, 9.17) is 11.6 Å². The van der Waals surface area contributed by atoms with Crippen LogP contribution in [0.2, 0.25) is 5.02 Å². The van der Waals surface area contributed by atoms with E-state index in [-0.39, 0.29) is 11.9 Å². The van der Waals surface area contributed by atoms with Gasteiger partial charge in [-0.1, -0.05) is 50.4 Å². The Kier molecular flexibility index (Phi) is 6.23. The molecule has 112 valence electrons. The summed E-state index contributed by atoms with van der Waals surface area (Å²) in [4.78, 5) is 0. The van der Waals surface area contributed by atoms with Crippen molar-refractivity contribution in [2.75, 3.05) is 6.54 Å². The smallest absolute Gasteiger partial charge is 0.124 e. The molecule has 1 N–H and O–H groups in total. The fourth-order valence-corrected chi connectivity index (χ4v) is 3.50. The van der Waals surface area contributed by atoms with E-state index in [1.165, 1.54) is 6.07 Å². The molecule has 0 radical (unpaired) electrons. The van der Waals surface area contributed by atoms with Crippen LogP contribution in [0.5, 0.6) is 0 Å². The Hall–Kier alpha value is -0.420. The molecule has 1 atom stereocenters. The standard InChI is InChI=1S/C16H15Br2ClFN/c1-2-21-16(14-9-12(19)3-4-15(14)18)7-10-5-11(17)8-13(20)6-10/h3-6,8-9,16,21H,2,7H2,1H3. The first-order valence-electron chi connectivity index (χ1n) is 6.63.